The monoisotopic (exact) mass is 270 g/mol. The van der Waals surface area contributed by atoms with Crippen molar-refractivity contribution < 1.29 is 22.6 Å². The normalized spacial score (nSPS) is 16.3. The van der Waals surface area contributed by atoms with Gasteiger partial charge in [0.15, 0.2) is 6.10 Å². The highest BCUT2D eigenvalue weighted by atomic mass is 19.4. The molecule has 18 heavy (non-hydrogen) atoms. The van der Waals surface area contributed by atoms with E-state index in [0.717, 1.165) is 0 Å². The lowest BCUT2D eigenvalue weighted by atomic mass is 10.0. The first-order valence-corrected chi connectivity index (χ1v) is 6.50. The molecule has 0 saturated carbocycles. The Morgan fingerprint density at radius 2 is 1.50 bits per heavy atom. The molecule has 0 aromatic rings. The quantitative estimate of drug-likeness (QED) is 0.662. The molecule has 0 aliphatic rings. The standard InChI is InChI=1S/C13H25F3O2/c1-6-17-11(9(2)3)7-8-18-12(10(4)5)13(14,15)16/h9-12H,6-8H2,1-5H3. The van der Waals surface area contributed by atoms with Crippen LogP contribution in [0.3, 0.4) is 0 Å². The van der Waals surface area contributed by atoms with Crippen LogP contribution in [0.1, 0.15) is 41.0 Å². The Bertz CT molecular complexity index is 215. The van der Waals surface area contributed by atoms with Gasteiger partial charge in [0.1, 0.15) is 0 Å². The van der Waals surface area contributed by atoms with Crippen molar-refractivity contribution in [2.24, 2.45) is 11.8 Å². The van der Waals surface area contributed by atoms with Gasteiger partial charge >= 0.3 is 6.18 Å². The minimum atomic E-state index is -4.30. The molecule has 0 amide bonds. The Balaban J connectivity index is 4.20. The van der Waals surface area contributed by atoms with Crippen LogP contribution in [0.5, 0.6) is 0 Å². The average Bonchev–Trinajstić information content (AvgIpc) is 2.19. The van der Waals surface area contributed by atoms with Gasteiger partial charge in [-0.15, -0.1) is 0 Å². The van der Waals surface area contributed by atoms with Crippen LogP contribution in [0, 0.1) is 11.8 Å². The van der Waals surface area contributed by atoms with Gasteiger partial charge in [-0.25, -0.2) is 0 Å². The van der Waals surface area contributed by atoms with E-state index in [0.29, 0.717) is 13.0 Å². The first-order valence-electron chi connectivity index (χ1n) is 6.50. The number of alkyl halides is 3. The molecular formula is C13H25F3O2. The average molecular weight is 270 g/mol. The van der Waals surface area contributed by atoms with Gasteiger partial charge in [-0.05, 0) is 25.2 Å². The van der Waals surface area contributed by atoms with Crippen molar-refractivity contribution in [3.8, 4) is 0 Å². The molecule has 0 fully saturated rings. The number of rotatable bonds is 8. The summed E-state index contributed by atoms with van der Waals surface area (Å²) in [5.41, 5.74) is 0. The summed E-state index contributed by atoms with van der Waals surface area (Å²) in [7, 11) is 0. The maximum absolute atomic E-state index is 12.6. The lowest BCUT2D eigenvalue weighted by Crippen LogP contribution is -2.37. The Morgan fingerprint density at radius 1 is 0.944 bits per heavy atom. The SMILES string of the molecule is CCOC(CCOC(C(C)C)C(F)(F)F)C(C)C. The van der Waals surface area contributed by atoms with E-state index in [1.165, 1.54) is 13.8 Å². The summed E-state index contributed by atoms with van der Waals surface area (Å²) in [4.78, 5) is 0. The van der Waals surface area contributed by atoms with Crippen LogP contribution in [0.15, 0.2) is 0 Å². The second-order valence-electron chi connectivity index (χ2n) is 5.10. The zero-order valence-electron chi connectivity index (χ0n) is 11.9. The second kappa shape index (κ2) is 8.00. The smallest absolute Gasteiger partial charge is 0.378 e. The molecule has 0 rings (SSSR count). The Morgan fingerprint density at radius 3 is 1.83 bits per heavy atom. The fourth-order valence-corrected chi connectivity index (χ4v) is 1.80. The van der Waals surface area contributed by atoms with Gasteiger partial charge in [0.2, 0.25) is 0 Å². The maximum Gasteiger partial charge on any atom is 0.414 e. The molecule has 110 valence electrons. The molecule has 0 radical (unpaired) electrons. The molecule has 2 atom stereocenters. The Hall–Kier alpha value is -0.290. The van der Waals surface area contributed by atoms with Crippen LogP contribution >= 0.6 is 0 Å². The molecule has 0 aliphatic heterocycles. The lowest BCUT2D eigenvalue weighted by Gasteiger charge is -2.26. The summed E-state index contributed by atoms with van der Waals surface area (Å²) in [5, 5.41) is 0. The molecule has 0 spiro atoms. The van der Waals surface area contributed by atoms with E-state index in [2.05, 4.69) is 0 Å². The van der Waals surface area contributed by atoms with E-state index >= 15 is 0 Å². The topological polar surface area (TPSA) is 18.5 Å². The van der Waals surface area contributed by atoms with Gasteiger partial charge in [-0.2, -0.15) is 13.2 Å². The number of ether oxygens (including phenoxy) is 2. The van der Waals surface area contributed by atoms with Crippen LogP contribution in [0.25, 0.3) is 0 Å². The third kappa shape index (κ3) is 6.59. The van der Waals surface area contributed by atoms with E-state index in [9.17, 15) is 13.2 Å². The largest absolute Gasteiger partial charge is 0.414 e. The zero-order valence-corrected chi connectivity index (χ0v) is 11.9. The predicted molar refractivity (Wildman–Crippen MR) is 65.5 cm³/mol. The molecule has 2 nitrogen and oxygen atoms in total. The van der Waals surface area contributed by atoms with Crippen molar-refractivity contribution in [3.05, 3.63) is 0 Å². The molecular weight excluding hydrogens is 245 g/mol. The summed E-state index contributed by atoms with van der Waals surface area (Å²) in [6.07, 6.45) is -5.54. The maximum atomic E-state index is 12.6. The van der Waals surface area contributed by atoms with Crippen LogP contribution in [0.2, 0.25) is 0 Å². The molecule has 0 bridgehead atoms. The van der Waals surface area contributed by atoms with Crippen LogP contribution < -0.4 is 0 Å². The van der Waals surface area contributed by atoms with Gasteiger partial charge in [0.05, 0.1) is 6.10 Å². The molecule has 2 unspecified atom stereocenters. The van der Waals surface area contributed by atoms with Crippen molar-refractivity contribution in [1.82, 2.24) is 0 Å². The summed E-state index contributed by atoms with van der Waals surface area (Å²) in [6, 6.07) is 0. The molecule has 5 heteroatoms. The number of hydrogen-bond acceptors (Lipinski definition) is 2. The number of halogens is 3. The molecule has 0 N–H and O–H groups in total. The summed E-state index contributed by atoms with van der Waals surface area (Å²) in [6.45, 7) is 9.53. The van der Waals surface area contributed by atoms with Crippen LogP contribution in [-0.4, -0.2) is 31.6 Å². The molecule has 0 aromatic heterocycles. The minimum Gasteiger partial charge on any atom is -0.378 e. The zero-order chi connectivity index (χ0) is 14.3. The first-order chi connectivity index (χ1) is 8.20. The van der Waals surface area contributed by atoms with Gasteiger partial charge in [0, 0.05) is 13.2 Å². The highest BCUT2D eigenvalue weighted by Crippen LogP contribution is 2.28. The van der Waals surface area contributed by atoms with Crippen molar-refractivity contribution in [2.75, 3.05) is 13.2 Å². The van der Waals surface area contributed by atoms with Crippen LogP contribution in [-0.2, 0) is 9.47 Å². The first kappa shape index (κ1) is 17.7. The molecule has 0 saturated heterocycles. The minimum absolute atomic E-state index is 0.0453. The summed E-state index contributed by atoms with van der Waals surface area (Å²) >= 11 is 0. The fourth-order valence-electron chi connectivity index (χ4n) is 1.80. The highest BCUT2D eigenvalue weighted by molar-refractivity contribution is 4.72. The van der Waals surface area contributed by atoms with Gasteiger partial charge in [-0.3, -0.25) is 0 Å². The lowest BCUT2D eigenvalue weighted by molar-refractivity contribution is -0.234. The second-order valence-corrected chi connectivity index (χ2v) is 5.10. The van der Waals surface area contributed by atoms with E-state index in [4.69, 9.17) is 9.47 Å². The van der Waals surface area contributed by atoms with Crippen molar-refractivity contribution in [3.63, 3.8) is 0 Å². The van der Waals surface area contributed by atoms with E-state index in [1.54, 1.807) is 0 Å². The van der Waals surface area contributed by atoms with Crippen molar-refractivity contribution in [2.45, 2.75) is 59.4 Å². The molecule has 0 heterocycles. The third-order valence-corrected chi connectivity index (χ3v) is 2.75. The van der Waals surface area contributed by atoms with Crippen LogP contribution in [0.4, 0.5) is 13.2 Å². The van der Waals surface area contributed by atoms with E-state index in [-0.39, 0.29) is 18.6 Å². The molecule has 0 aliphatic carbocycles. The predicted octanol–water partition coefficient (Wildman–Crippen LogP) is 4.04. The fraction of sp³-hybridized carbons (Fsp3) is 1.00. The third-order valence-electron chi connectivity index (χ3n) is 2.75. The van der Waals surface area contributed by atoms with E-state index < -0.39 is 18.2 Å². The summed E-state index contributed by atoms with van der Waals surface area (Å²) < 4.78 is 48.4. The molecule has 0 aromatic carbocycles. The highest BCUT2D eigenvalue weighted by Gasteiger charge is 2.42. The number of hydrogen-bond donors (Lipinski definition) is 0. The Kier molecular flexibility index (Phi) is 7.87. The van der Waals surface area contributed by atoms with Gasteiger partial charge in [0.25, 0.3) is 0 Å². The van der Waals surface area contributed by atoms with Gasteiger partial charge in [-0.1, -0.05) is 27.7 Å². The van der Waals surface area contributed by atoms with E-state index in [1.807, 2.05) is 20.8 Å². The van der Waals surface area contributed by atoms with Gasteiger partial charge < -0.3 is 9.47 Å². The Labute approximate surface area is 108 Å². The van der Waals surface area contributed by atoms with Crippen molar-refractivity contribution in [1.29, 1.82) is 0 Å². The van der Waals surface area contributed by atoms with Crippen molar-refractivity contribution >= 4 is 0 Å². The summed E-state index contributed by atoms with van der Waals surface area (Å²) in [5.74, 6) is -0.300.